The van der Waals surface area contributed by atoms with Gasteiger partial charge < -0.3 is 9.64 Å². The van der Waals surface area contributed by atoms with E-state index in [-0.39, 0.29) is 11.7 Å². The quantitative estimate of drug-likeness (QED) is 0.777. The fourth-order valence-electron chi connectivity index (χ4n) is 2.17. The van der Waals surface area contributed by atoms with Gasteiger partial charge in [0.15, 0.2) is 5.78 Å². The van der Waals surface area contributed by atoms with Crippen LogP contribution < -0.4 is 0 Å². The maximum Gasteiger partial charge on any atom is 0.254 e. The molecular formula is C15H20N2O3. The predicted molar refractivity (Wildman–Crippen MR) is 75.8 cm³/mol. The number of nitrogens with zero attached hydrogens (tertiary/aromatic N) is 2. The summed E-state index contributed by atoms with van der Waals surface area (Å²) in [5.41, 5.74) is 1.23. The average Bonchev–Trinajstić information content (AvgIpc) is 2.47. The Morgan fingerprint density at radius 3 is 2.25 bits per heavy atom. The van der Waals surface area contributed by atoms with Gasteiger partial charge >= 0.3 is 0 Å². The molecule has 5 nitrogen and oxygen atoms in total. The number of rotatable bonds is 4. The molecule has 0 N–H and O–H groups in total. The van der Waals surface area contributed by atoms with Gasteiger partial charge in [0.1, 0.15) is 0 Å². The highest BCUT2D eigenvalue weighted by Gasteiger charge is 2.17. The van der Waals surface area contributed by atoms with Crippen LogP contribution in [0.1, 0.15) is 27.6 Å². The fraction of sp³-hybridized carbons (Fsp3) is 0.467. The van der Waals surface area contributed by atoms with Crippen LogP contribution in [0.2, 0.25) is 0 Å². The number of Topliss-reactive ketones (excluding diaryl/α,β-unsaturated/α-hetero) is 1. The molecule has 0 aliphatic carbocycles. The maximum absolute atomic E-state index is 12.3. The van der Waals surface area contributed by atoms with E-state index >= 15 is 0 Å². The van der Waals surface area contributed by atoms with Crippen LogP contribution in [0.5, 0.6) is 0 Å². The maximum atomic E-state index is 12.3. The van der Waals surface area contributed by atoms with Gasteiger partial charge in [-0.25, -0.2) is 0 Å². The molecule has 1 aliphatic rings. The Hall–Kier alpha value is -1.72. The molecule has 0 atom stereocenters. The zero-order chi connectivity index (χ0) is 14.5. The molecule has 1 saturated heterocycles. The average molecular weight is 276 g/mol. The number of morpholine rings is 1. The minimum Gasteiger partial charge on any atom is -0.379 e. The Kier molecular flexibility index (Phi) is 4.87. The highest BCUT2D eigenvalue weighted by molar-refractivity contribution is 5.97. The molecule has 108 valence electrons. The van der Waals surface area contributed by atoms with Crippen molar-refractivity contribution >= 4 is 11.7 Å². The molecule has 0 spiro atoms. The van der Waals surface area contributed by atoms with Gasteiger partial charge in [0, 0.05) is 31.3 Å². The van der Waals surface area contributed by atoms with Gasteiger partial charge in [0.2, 0.25) is 0 Å². The number of ketones is 1. The van der Waals surface area contributed by atoms with E-state index < -0.39 is 0 Å². The third-order valence-electron chi connectivity index (χ3n) is 3.40. The van der Waals surface area contributed by atoms with Crippen molar-refractivity contribution in [2.45, 2.75) is 6.92 Å². The van der Waals surface area contributed by atoms with Gasteiger partial charge in [-0.2, -0.15) is 0 Å². The Morgan fingerprint density at radius 2 is 1.70 bits per heavy atom. The number of amides is 1. The number of carbonyl (C=O) groups excluding carboxylic acids is 2. The summed E-state index contributed by atoms with van der Waals surface area (Å²) in [6.07, 6.45) is 0. The van der Waals surface area contributed by atoms with E-state index in [1.54, 1.807) is 36.2 Å². The van der Waals surface area contributed by atoms with Crippen molar-refractivity contribution in [3.05, 3.63) is 35.4 Å². The monoisotopic (exact) mass is 276 g/mol. The molecule has 1 fully saturated rings. The van der Waals surface area contributed by atoms with Crippen LogP contribution >= 0.6 is 0 Å². The first-order valence-corrected chi connectivity index (χ1v) is 6.74. The Bertz CT molecular complexity index is 478. The van der Waals surface area contributed by atoms with E-state index in [2.05, 4.69) is 4.90 Å². The van der Waals surface area contributed by atoms with Crippen molar-refractivity contribution in [2.24, 2.45) is 0 Å². The topological polar surface area (TPSA) is 49.9 Å². The number of hydrogen-bond acceptors (Lipinski definition) is 4. The van der Waals surface area contributed by atoms with Gasteiger partial charge in [-0.15, -0.1) is 0 Å². The summed E-state index contributed by atoms with van der Waals surface area (Å²) < 4.78 is 5.28. The first-order valence-electron chi connectivity index (χ1n) is 6.74. The Morgan fingerprint density at radius 1 is 1.15 bits per heavy atom. The fourth-order valence-corrected chi connectivity index (χ4v) is 2.17. The summed E-state index contributed by atoms with van der Waals surface area (Å²) in [5, 5.41) is 0. The molecule has 0 aromatic heterocycles. The molecule has 5 heteroatoms. The molecule has 0 unspecified atom stereocenters. The Labute approximate surface area is 119 Å². The number of benzene rings is 1. The highest BCUT2D eigenvalue weighted by atomic mass is 16.5. The largest absolute Gasteiger partial charge is 0.379 e. The van der Waals surface area contributed by atoms with Gasteiger partial charge in [-0.3, -0.25) is 14.5 Å². The summed E-state index contributed by atoms with van der Waals surface area (Å²) in [6.45, 7) is 5.24. The van der Waals surface area contributed by atoms with Gasteiger partial charge in [-0.1, -0.05) is 12.1 Å². The minimum absolute atomic E-state index is 0.00525. The Balaban J connectivity index is 1.96. The normalized spacial score (nSPS) is 15.9. The van der Waals surface area contributed by atoms with E-state index in [0.717, 1.165) is 26.3 Å². The van der Waals surface area contributed by atoms with Crippen molar-refractivity contribution in [1.82, 2.24) is 9.80 Å². The lowest BCUT2D eigenvalue weighted by Gasteiger charge is -2.30. The van der Waals surface area contributed by atoms with Crippen LogP contribution in [0.15, 0.2) is 24.3 Å². The molecular weight excluding hydrogens is 256 g/mol. The summed E-state index contributed by atoms with van der Waals surface area (Å²) in [5.74, 6) is -0.0303. The molecule has 1 amide bonds. The third kappa shape index (κ3) is 3.65. The van der Waals surface area contributed by atoms with Gasteiger partial charge in [0.05, 0.1) is 19.9 Å². The molecule has 1 aromatic rings. The second kappa shape index (κ2) is 6.63. The van der Waals surface area contributed by atoms with Crippen molar-refractivity contribution < 1.29 is 14.3 Å². The summed E-state index contributed by atoms with van der Waals surface area (Å²) in [7, 11) is 1.79. The smallest absolute Gasteiger partial charge is 0.254 e. The van der Waals surface area contributed by atoms with E-state index in [0.29, 0.717) is 17.8 Å². The van der Waals surface area contributed by atoms with Crippen LogP contribution in [-0.2, 0) is 4.74 Å². The van der Waals surface area contributed by atoms with Crippen molar-refractivity contribution in [3.8, 4) is 0 Å². The van der Waals surface area contributed by atoms with E-state index in [1.165, 1.54) is 6.92 Å². The van der Waals surface area contributed by atoms with Gasteiger partial charge in [-0.05, 0) is 19.1 Å². The number of ether oxygens (including phenoxy) is 1. The lowest BCUT2D eigenvalue weighted by atomic mass is 10.1. The van der Waals surface area contributed by atoms with Gasteiger partial charge in [0.25, 0.3) is 5.91 Å². The molecule has 2 rings (SSSR count). The predicted octanol–water partition coefficient (Wildman–Crippen LogP) is 1.25. The van der Waals surface area contributed by atoms with Crippen LogP contribution in [0.25, 0.3) is 0 Å². The van der Waals surface area contributed by atoms with Crippen molar-refractivity contribution in [3.63, 3.8) is 0 Å². The highest BCUT2D eigenvalue weighted by Crippen LogP contribution is 2.08. The van der Waals surface area contributed by atoms with Crippen molar-refractivity contribution in [1.29, 1.82) is 0 Å². The summed E-state index contributed by atoms with van der Waals surface area (Å²) >= 11 is 0. The van der Waals surface area contributed by atoms with Crippen LogP contribution in [0, 0.1) is 0 Å². The number of hydrogen-bond donors (Lipinski definition) is 0. The summed E-state index contributed by atoms with van der Waals surface area (Å²) in [4.78, 5) is 27.4. The van der Waals surface area contributed by atoms with Crippen LogP contribution in [0.3, 0.4) is 0 Å². The van der Waals surface area contributed by atoms with Crippen LogP contribution in [0.4, 0.5) is 0 Å². The van der Waals surface area contributed by atoms with Crippen molar-refractivity contribution in [2.75, 3.05) is 40.0 Å². The van der Waals surface area contributed by atoms with E-state index in [9.17, 15) is 9.59 Å². The minimum atomic E-state index is -0.0356. The lowest BCUT2D eigenvalue weighted by molar-refractivity contribution is 0.0146. The number of carbonyl (C=O) groups is 2. The van der Waals surface area contributed by atoms with E-state index in [4.69, 9.17) is 4.74 Å². The molecule has 1 aliphatic heterocycles. The lowest BCUT2D eigenvalue weighted by Crippen LogP contribution is -2.44. The zero-order valence-corrected chi connectivity index (χ0v) is 12.0. The standard InChI is InChI=1S/C15H20N2O3/c1-12(18)13-3-5-14(6-4-13)15(19)16(2)11-17-7-9-20-10-8-17/h3-6H,7-11H2,1-2H3. The summed E-state index contributed by atoms with van der Waals surface area (Å²) in [6, 6.07) is 6.79. The zero-order valence-electron chi connectivity index (χ0n) is 12.0. The molecule has 20 heavy (non-hydrogen) atoms. The second-order valence-corrected chi connectivity index (χ2v) is 5.01. The molecule has 0 bridgehead atoms. The first-order chi connectivity index (χ1) is 9.58. The third-order valence-corrected chi connectivity index (χ3v) is 3.40. The molecule has 0 radical (unpaired) electrons. The second-order valence-electron chi connectivity index (χ2n) is 5.01. The van der Waals surface area contributed by atoms with E-state index in [1.807, 2.05) is 0 Å². The SMILES string of the molecule is CC(=O)c1ccc(C(=O)N(C)CN2CCOCC2)cc1. The molecule has 1 aromatic carbocycles. The van der Waals surface area contributed by atoms with Crippen LogP contribution in [-0.4, -0.2) is 61.5 Å². The first kappa shape index (κ1) is 14.7. The molecule has 1 heterocycles. The molecule has 0 saturated carbocycles.